The Kier molecular flexibility index (Phi) is 3.65. The van der Waals surface area contributed by atoms with E-state index in [-0.39, 0.29) is 0 Å². The maximum atomic E-state index is 5.96. The van der Waals surface area contributed by atoms with Gasteiger partial charge in [-0.3, -0.25) is 0 Å². The SMILES string of the molecule is Nc1cccc(-c2nc(N3CCOCC3)c3sc4nnccc4c3n2)c1. The molecule has 5 rings (SSSR count). The molecule has 7 nitrogen and oxygen atoms in total. The summed E-state index contributed by atoms with van der Waals surface area (Å²) in [4.78, 5) is 12.9. The third kappa shape index (κ3) is 2.54. The average molecular weight is 364 g/mol. The van der Waals surface area contributed by atoms with E-state index >= 15 is 0 Å². The zero-order valence-electron chi connectivity index (χ0n) is 13.9. The molecule has 0 bridgehead atoms. The van der Waals surface area contributed by atoms with Crippen molar-refractivity contribution in [2.24, 2.45) is 0 Å². The van der Waals surface area contributed by atoms with Crippen LogP contribution in [0.4, 0.5) is 11.5 Å². The molecule has 130 valence electrons. The number of rotatable bonds is 2. The molecule has 1 saturated heterocycles. The van der Waals surface area contributed by atoms with Crippen LogP contribution in [0.1, 0.15) is 0 Å². The highest BCUT2D eigenvalue weighted by Gasteiger charge is 2.21. The summed E-state index contributed by atoms with van der Waals surface area (Å²) in [6.45, 7) is 3.01. The number of hydrogen-bond donors (Lipinski definition) is 1. The van der Waals surface area contributed by atoms with Gasteiger partial charge in [0.15, 0.2) is 11.6 Å². The van der Waals surface area contributed by atoms with Crippen molar-refractivity contribution >= 4 is 43.3 Å². The first-order valence-electron chi connectivity index (χ1n) is 8.40. The van der Waals surface area contributed by atoms with Crippen LogP contribution in [-0.4, -0.2) is 46.5 Å². The van der Waals surface area contributed by atoms with Gasteiger partial charge in [-0.25, -0.2) is 9.97 Å². The lowest BCUT2D eigenvalue weighted by molar-refractivity contribution is 0.122. The van der Waals surface area contributed by atoms with Gasteiger partial charge >= 0.3 is 0 Å². The topological polar surface area (TPSA) is 90.0 Å². The number of morpholine rings is 1. The zero-order valence-corrected chi connectivity index (χ0v) is 14.7. The average Bonchev–Trinajstić information content (AvgIpc) is 3.06. The number of hydrogen-bond acceptors (Lipinski definition) is 8. The smallest absolute Gasteiger partial charge is 0.162 e. The van der Waals surface area contributed by atoms with Crippen molar-refractivity contribution in [2.75, 3.05) is 36.9 Å². The summed E-state index contributed by atoms with van der Waals surface area (Å²) in [6.07, 6.45) is 1.70. The summed E-state index contributed by atoms with van der Waals surface area (Å²) >= 11 is 1.58. The highest BCUT2D eigenvalue weighted by molar-refractivity contribution is 7.25. The van der Waals surface area contributed by atoms with Crippen LogP contribution in [0.25, 0.3) is 31.8 Å². The molecule has 0 aliphatic carbocycles. The van der Waals surface area contributed by atoms with Gasteiger partial charge in [0.2, 0.25) is 0 Å². The van der Waals surface area contributed by atoms with Crippen molar-refractivity contribution < 1.29 is 4.74 Å². The van der Waals surface area contributed by atoms with Crippen LogP contribution < -0.4 is 10.6 Å². The summed E-state index contributed by atoms with van der Waals surface area (Å²) < 4.78 is 6.54. The molecule has 1 aliphatic rings. The Morgan fingerprint density at radius 3 is 2.85 bits per heavy atom. The molecule has 8 heteroatoms. The van der Waals surface area contributed by atoms with Crippen LogP contribution in [0.3, 0.4) is 0 Å². The number of nitrogens with zero attached hydrogens (tertiary/aromatic N) is 5. The molecule has 1 aliphatic heterocycles. The number of aromatic nitrogens is 4. The Labute approximate surface area is 153 Å². The zero-order chi connectivity index (χ0) is 17.5. The van der Waals surface area contributed by atoms with E-state index in [0.717, 1.165) is 44.9 Å². The highest BCUT2D eigenvalue weighted by Crippen LogP contribution is 2.38. The Hall–Kier alpha value is -2.84. The minimum absolute atomic E-state index is 0.669. The fraction of sp³-hybridized carbons (Fsp3) is 0.222. The van der Waals surface area contributed by atoms with Gasteiger partial charge in [-0.2, -0.15) is 5.10 Å². The van der Waals surface area contributed by atoms with Gasteiger partial charge in [0.05, 0.1) is 29.6 Å². The van der Waals surface area contributed by atoms with Crippen LogP contribution >= 0.6 is 11.3 Å². The second kappa shape index (κ2) is 6.15. The number of nitrogens with two attached hydrogens (primary N) is 1. The number of benzene rings is 1. The van der Waals surface area contributed by atoms with Crippen molar-refractivity contribution in [3.63, 3.8) is 0 Å². The lowest BCUT2D eigenvalue weighted by Gasteiger charge is -2.28. The van der Waals surface area contributed by atoms with Gasteiger partial charge in [0, 0.05) is 29.7 Å². The van der Waals surface area contributed by atoms with Crippen molar-refractivity contribution in [3.05, 3.63) is 36.5 Å². The standard InChI is InChI=1S/C18H16N6OS/c19-12-3-1-2-11(10-12)16-21-14-13-4-5-20-23-18(13)26-15(14)17(22-16)24-6-8-25-9-7-24/h1-5,10H,6-9,19H2. The van der Waals surface area contributed by atoms with Crippen LogP contribution in [-0.2, 0) is 4.74 Å². The van der Waals surface area contributed by atoms with E-state index < -0.39 is 0 Å². The minimum atomic E-state index is 0.669. The molecule has 0 atom stereocenters. The number of thiophene rings is 1. The fourth-order valence-electron chi connectivity index (χ4n) is 3.18. The van der Waals surface area contributed by atoms with Crippen molar-refractivity contribution in [3.8, 4) is 11.4 Å². The maximum absolute atomic E-state index is 5.96. The van der Waals surface area contributed by atoms with E-state index in [1.807, 2.05) is 30.3 Å². The number of fused-ring (bicyclic) bond motifs is 3. The Bertz CT molecular complexity index is 1110. The fourth-order valence-corrected chi connectivity index (χ4v) is 4.26. The number of nitrogen functional groups attached to an aromatic ring is 1. The Morgan fingerprint density at radius 2 is 2.00 bits per heavy atom. The van der Waals surface area contributed by atoms with Crippen LogP contribution in [0.5, 0.6) is 0 Å². The Balaban J connectivity index is 1.79. The largest absolute Gasteiger partial charge is 0.399 e. The molecule has 0 saturated carbocycles. The lowest BCUT2D eigenvalue weighted by Crippen LogP contribution is -2.36. The van der Waals surface area contributed by atoms with Gasteiger partial charge in [-0.1, -0.05) is 12.1 Å². The predicted octanol–water partition coefficient (Wildman–Crippen LogP) is 2.72. The third-order valence-corrected chi connectivity index (χ3v) is 5.52. The molecule has 1 fully saturated rings. The number of ether oxygens (including phenoxy) is 1. The lowest BCUT2D eigenvalue weighted by atomic mass is 10.2. The molecule has 1 aromatic carbocycles. The molecule has 4 aromatic rings. The van der Waals surface area contributed by atoms with Gasteiger partial charge in [-0.05, 0) is 18.2 Å². The molecular weight excluding hydrogens is 348 g/mol. The second-order valence-electron chi connectivity index (χ2n) is 6.13. The molecule has 4 heterocycles. The van der Waals surface area contributed by atoms with Gasteiger partial charge < -0.3 is 15.4 Å². The van der Waals surface area contributed by atoms with Crippen molar-refractivity contribution in [2.45, 2.75) is 0 Å². The van der Waals surface area contributed by atoms with E-state index in [2.05, 4.69) is 15.1 Å². The van der Waals surface area contributed by atoms with E-state index in [0.29, 0.717) is 24.7 Å². The molecule has 0 amide bonds. The minimum Gasteiger partial charge on any atom is -0.399 e. The van der Waals surface area contributed by atoms with E-state index in [1.165, 1.54) is 0 Å². The summed E-state index contributed by atoms with van der Waals surface area (Å²) in [5, 5.41) is 9.27. The molecule has 0 unspecified atom stereocenters. The summed E-state index contributed by atoms with van der Waals surface area (Å²) in [5.41, 5.74) is 8.47. The number of anilines is 2. The van der Waals surface area contributed by atoms with Gasteiger partial charge in [-0.15, -0.1) is 16.4 Å². The predicted molar refractivity (Wildman–Crippen MR) is 103 cm³/mol. The van der Waals surface area contributed by atoms with Crippen LogP contribution in [0.15, 0.2) is 36.5 Å². The van der Waals surface area contributed by atoms with E-state index in [9.17, 15) is 0 Å². The Morgan fingerprint density at radius 1 is 1.12 bits per heavy atom. The quantitative estimate of drug-likeness (QED) is 0.547. The third-order valence-electron chi connectivity index (χ3n) is 4.44. The maximum Gasteiger partial charge on any atom is 0.162 e. The van der Waals surface area contributed by atoms with Gasteiger partial charge in [0.25, 0.3) is 0 Å². The molecule has 0 spiro atoms. The van der Waals surface area contributed by atoms with Crippen LogP contribution in [0.2, 0.25) is 0 Å². The first-order chi connectivity index (χ1) is 12.8. The molecular formula is C18H16N6OS. The summed E-state index contributed by atoms with van der Waals surface area (Å²) in [7, 11) is 0. The normalized spacial score (nSPS) is 15.0. The van der Waals surface area contributed by atoms with E-state index in [4.69, 9.17) is 20.4 Å². The van der Waals surface area contributed by atoms with Crippen LogP contribution in [0, 0.1) is 0 Å². The summed E-state index contributed by atoms with van der Waals surface area (Å²) in [6, 6.07) is 9.62. The highest BCUT2D eigenvalue weighted by atomic mass is 32.1. The van der Waals surface area contributed by atoms with Crippen molar-refractivity contribution in [1.29, 1.82) is 0 Å². The molecule has 0 radical (unpaired) electrons. The van der Waals surface area contributed by atoms with Crippen molar-refractivity contribution in [1.82, 2.24) is 20.2 Å². The van der Waals surface area contributed by atoms with Gasteiger partial charge in [0.1, 0.15) is 4.83 Å². The first kappa shape index (κ1) is 15.4. The molecule has 2 N–H and O–H groups in total. The monoisotopic (exact) mass is 364 g/mol. The molecule has 3 aromatic heterocycles. The second-order valence-corrected chi connectivity index (χ2v) is 7.12. The molecule has 26 heavy (non-hydrogen) atoms. The first-order valence-corrected chi connectivity index (χ1v) is 9.22. The summed E-state index contributed by atoms with van der Waals surface area (Å²) in [5.74, 6) is 1.60. The van der Waals surface area contributed by atoms with E-state index in [1.54, 1.807) is 17.5 Å².